The van der Waals surface area contributed by atoms with Crippen LogP contribution < -0.4 is 4.74 Å². The summed E-state index contributed by atoms with van der Waals surface area (Å²) in [5, 5.41) is 0.215. The van der Waals surface area contributed by atoms with E-state index >= 15 is 0 Å². The first-order valence-corrected chi connectivity index (χ1v) is 5.98. The van der Waals surface area contributed by atoms with Gasteiger partial charge in [0.05, 0.1) is 5.02 Å². The van der Waals surface area contributed by atoms with Crippen molar-refractivity contribution in [2.75, 3.05) is 0 Å². The number of hydrogen-bond donors (Lipinski definition) is 0. The lowest BCUT2D eigenvalue weighted by Gasteiger charge is -2.07. The summed E-state index contributed by atoms with van der Waals surface area (Å²) in [6.45, 7) is 1.92. The van der Waals surface area contributed by atoms with Crippen molar-refractivity contribution in [1.82, 2.24) is 4.98 Å². The molecule has 1 heterocycles. The Bertz CT molecular complexity index is 562. The van der Waals surface area contributed by atoms with Crippen molar-refractivity contribution in [2.24, 2.45) is 0 Å². The van der Waals surface area contributed by atoms with E-state index in [1.54, 1.807) is 12.3 Å². The third kappa shape index (κ3) is 2.96. The van der Waals surface area contributed by atoms with Crippen LogP contribution in [0.4, 0.5) is 4.39 Å². The highest BCUT2D eigenvalue weighted by molar-refractivity contribution is 9.10. The predicted molar refractivity (Wildman–Crippen MR) is 68.2 cm³/mol. The summed E-state index contributed by atoms with van der Waals surface area (Å²) in [5.74, 6) is 0.392. The van der Waals surface area contributed by atoms with E-state index in [4.69, 9.17) is 16.3 Å². The molecule has 5 heteroatoms. The van der Waals surface area contributed by atoms with Crippen LogP contribution >= 0.6 is 27.5 Å². The summed E-state index contributed by atoms with van der Waals surface area (Å²) in [7, 11) is 0. The Morgan fingerprint density at radius 3 is 2.76 bits per heavy atom. The van der Waals surface area contributed by atoms with Crippen LogP contribution in [0.2, 0.25) is 5.02 Å². The number of nitrogens with zero attached hydrogens (tertiary/aromatic N) is 1. The quantitative estimate of drug-likeness (QED) is 0.798. The first-order chi connectivity index (χ1) is 8.06. The van der Waals surface area contributed by atoms with Crippen LogP contribution in [0.5, 0.6) is 11.6 Å². The van der Waals surface area contributed by atoms with Crippen LogP contribution in [-0.2, 0) is 0 Å². The van der Waals surface area contributed by atoms with Crippen LogP contribution in [-0.4, -0.2) is 4.98 Å². The van der Waals surface area contributed by atoms with Gasteiger partial charge in [0.25, 0.3) is 0 Å². The molecular formula is C12H8BrClFNO. The fourth-order valence-electron chi connectivity index (χ4n) is 1.24. The van der Waals surface area contributed by atoms with E-state index in [-0.39, 0.29) is 5.02 Å². The van der Waals surface area contributed by atoms with Crippen molar-refractivity contribution in [1.29, 1.82) is 0 Å². The van der Waals surface area contributed by atoms with Crippen LogP contribution in [0, 0.1) is 12.7 Å². The number of rotatable bonds is 2. The molecule has 1 aromatic heterocycles. The highest BCUT2D eigenvalue weighted by Crippen LogP contribution is 2.30. The molecule has 0 saturated heterocycles. The SMILES string of the molecule is Cc1cc(Oc2ccc(F)cc2Cl)ncc1Br. The van der Waals surface area contributed by atoms with Crippen molar-refractivity contribution < 1.29 is 9.13 Å². The van der Waals surface area contributed by atoms with Gasteiger partial charge in [0.15, 0.2) is 0 Å². The molecule has 0 unspecified atom stereocenters. The lowest BCUT2D eigenvalue weighted by atomic mass is 10.3. The summed E-state index contributed by atoms with van der Waals surface area (Å²) in [6, 6.07) is 5.72. The van der Waals surface area contributed by atoms with E-state index < -0.39 is 5.82 Å². The molecule has 0 aliphatic rings. The smallest absolute Gasteiger partial charge is 0.219 e. The maximum absolute atomic E-state index is 12.8. The Labute approximate surface area is 112 Å². The Morgan fingerprint density at radius 2 is 2.12 bits per heavy atom. The summed E-state index contributed by atoms with van der Waals surface area (Å²) in [6.07, 6.45) is 1.64. The number of ether oxygens (including phenoxy) is 1. The molecule has 0 aliphatic heterocycles. The normalized spacial score (nSPS) is 10.4. The van der Waals surface area contributed by atoms with Crippen molar-refractivity contribution in [2.45, 2.75) is 6.92 Å². The molecule has 0 atom stereocenters. The molecule has 0 radical (unpaired) electrons. The number of aromatic nitrogens is 1. The molecule has 0 bridgehead atoms. The van der Waals surface area contributed by atoms with E-state index in [1.165, 1.54) is 18.2 Å². The highest BCUT2D eigenvalue weighted by atomic mass is 79.9. The number of aryl methyl sites for hydroxylation is 1. The summed E-state index contributed by atoms with van der Waals surface area (Å²) >= 11 is 9.19. The summed E-state index contributed by atoms with van der Waals surface area (Å²) in [5.41, 5.74) is 0.994. The second-order valence-electron chi connectivity index (χ2n) is 3.45. The van der Waals surface area contributed by atoms with Crippen molar-refractivity contribution in [3.63, 3.8) is 0 Å². The molecule has 88 valence electrons. The highest BCUT2D eigenvalue weighted by Gasteiger charge is 2.06. The number of hydrogen-bond acceptors (Lipinski definition) is 2. The molecule has 0 N–H and O–H groups in total. The standard InChI is InChI=1S/C12H8BrClFNO/c1-7-4-12(16-6-9(7)13)17-11-3-2-8(15)5-10(11)14/h2-6H,1H3. The topological polar surface area (TPSA) is 22.1 Å². The van der Waals surface area contributed by atoms with E-state index in [0.29, 0.717) is 11.6 Å². The molecule has 2 rings (SSSR count). The molecule has 0 aliphatic carbocycles. The van der Waals surface area contributed by atoms with Gasteiger partial charge in [0.1, 0.15) is 11.6 Å². The molecule has 17 heavy (non-hydrogen) atoms. The number of benzene rings is 1. The molecule has 0 saturated carbocycles. The van der Waals surface area contributed by atoms with Crippen LogP contribution in [0.25, 0.3) is 0 Å². The fraction of sp³-hybridized carbons (Fsp3) is 0.0833. The monoisotopic (exact) mass is 315 g/mol. The third-order valence-electron chi connectivity index (χ3n) is 2.13. The zero-order valence-electron chi connectivity index (χ0n) is 8.88. The summed E-state index contributed by atoms with van der Waals surface area (Å²) < 4.78 is 19.2. The van der Waals surface area contributed by atoms with Crippen LogP contribution in [0.3, 0.4) is 0 Å². The third-order valence-corrected chi connectivity index (χ3v) is 3.26. The fourth-order valence-corrected chi connectivity index (χ4v) is 1.66. The molecule has 0 amide bonds. The molecule has 2 nitrogen and oxygen atoms in total. The maximum Gasteiger partial charge on any atom is 0.219 e. The second-order valence-corrected chi connectivity index (χ2v) is 4.71. The Balaban J connectivity index is 2.28. The van der Waals surface area contributed by atoms with E-state index in [2.05, 4.69) is 20.9 Å². The van der Waals surface area contributed by atoms with Crippen molar-refractivity contribution >= 4 is 27.5 Å². The van der Waals surface area contributed by atoms with Crippen LogP contribution in [0.1, 0.15) is 5.56 Å². The Hall–Kier alpha value is -1.13. The van der Waals surface area contributed by atoms with Gasteiger partial charge in [0, 0.05) is 16.7 Å². The maximum atomic E-state index is 12.8. The summed E-state index contributed by atoms with van der Waals surface area (Å²) in [4.78, 5) is 4.08. The van der Waals surface area contributed by atoms with E-state index in [9.17, 15) is 4.39 Å². The van der Waals surface area contributed by atoms with Gasteiger partial charge in [-0.25, -0.2) is 9.37 Å². The Morgan fingerprint density at radius 1 is 1.35 bits per heavy atom. The first kappa shape index (κ1) is 12.3. The largest absolute Gasteiger partial charge is 0.437 e. The lowest BCUT2D eigenvalue weighted by molar-refractivity contribution is 0.461. The van der Waals surface area contributed by atoms with Gasteiger partial charge in [-0.15, -0.1) is 0 Å². The van der Waals surface area contributed by atoms with E-state index in [0.717, 1.165) is 10.0 Å². The molecular weight excluding hydrogens is 308 g/mol. The molecule has 1 aromatic carbocycles. The minimum atomic E-state index is -0.401. The molecule has 2 aromatic rings. The van der Waals surface area contributed by atoms with E-state index in [1.807, 2.05) is 6.92 Å². The molecule has 0 spiro atoms. The van der Waals surface area contributed by atoms with Gasteiger partial charge >= 0.3 is 0 Å². The average Bonchev–Trinajstić information content (AvgIpc) is 2.27. The Kier molecular flexibility index (Phi) is 3.64. The zero-order valence-corrected chi connectivity index (χ0v) is 11.2. The van der Waals surface area contributed by atoms with Crippen molar-refractivity contribution in [3.8, 4) is 11.6 Å². The average molecular weight is 317 g/mol. The van der Waals surface area contributed by atoms with Gasteiger partial charge in [-0.2, -0.15) is 0 Å². The zero-order chi connectivity index (χ0) is 12.4. The number of pyridine rings is 1. The van der Waals surface area contributed by atoms with Gasteiger partial charge < -0.3 is 4.74 Å². The van der Waals surface area contributed by atoms with Gasteiger partial charge in [-0.3, -0.25) is 0 Å². The predicted octanol–water partition coefficient (Wildman–Crippen LogP) is 4.74. The molecule has 0 fully saturated rings. The van der Waals surface area contributed by atoms with Crippen LogP contribution in [0.15, 0.2) is 34.9 Å². The second kappa shape index (κ2) is 5.02. The van der Waals surface area contributed by atoms with Gasteiger partial charge in [-0.1, -0.05) is 11.6 Å². The minimum Gasteiger partial charge on any atom is -0.437 e. The van der Waals surface area contributed by atoms with Crippen molar-refractivity contribution in [3.05, 3.63) is 51.3 Å². The number of halogens is 3. The minimum absolute atomic E-state index is 0.215. The first-order valence-electron chi connectivity index (χ1n) is 4.81. The lowest BCUT2D eigenvalue weighted by Crippen LogP contribution is -1.90. The van der Waals surface area contributed by atoms with Gasteiger partial charge in [0.2, 0.25) is 5.88 Å². The van der Waals surface area contributed by atoms with Gasteiger partial charge in [-0.05, 0) is 46.6 Å².